The molecule has 0 saturated heterocycles. The third-order valence-electron chi connectivity index (χ3n) is 1.77. The van der Waals surface area contributed by atoms with E-state index in [0.717, 1.165) is 5.56 Å². The zero-order chi connectivity index (χ0) is 9.52. The molecule has 0 radical (unpaired) electrons. The zero-order valence-corrected chi connectivity index (χ0v) is 7.85. The van der Waals surface area contributed by atoms with Crippen molar-refractivity contribution in [1.29, 1.82) is 0 Å². The molecular weight excluding hydrogens is 158 g/mol. The van der Waals surface area contributed by atoms with Crippen molar-refractivity contribution in [3.8, 4) is 0 Å². The minimum atomic E-state index is 0.0812. The summed E-state index contributed by atoms with van der Waals surface area (Å²) in [5, 5.41) is 0. The third kappa shape index (κ3) is 3.72. The van der Waals surface area contributed by atoms with Gasteiger partial charge in [-0.15, -0.1) is 0 Å². The van der Waals surface area contributed by atoms with Crippen LogP contribution in [0.5, 0.6) is 0 Å². The lowest BCUT2D eigenvalue weighted by Gasteiger charge is -2.00. The Morgan fingerprint density at radius 1 is 0.846 bits per heavy atom. The average molecular weight is 173 g/mol. The van der Waals surface area contributed by atoms with Crippen LogP contribution in [0.1, 0.15) is 18.5 Å². The quantitative estimate of drug-likeness (QED) is 0.694. The van der Waals surface area contributed by atoms with Crippen molar-refractivity contribution in [2.45, 2.75) is 13.0 Å². The summed E-state index contributed by atoms with van der Waals surface area (Å²) < 4.78 is 0. The first-order valence-electron chi connectivity index (χ1n) is 4.44. The van der Waals surface area contributed by atoms with Crippen molar-refractivity contribution in [2.75, 3.05) is 0 Å². The number of rotatable bonds is 1. The largest absolute Gasteiger partial charge is 0.324 e. The SMILES string of the molecule is CC(N)c1ccccccccc1. The molecule has 0 aliphatic heterocycles. The molecule has 0 saturated carbocycles. The van der Waals surface area contributed by atoms with E-state index in [0.29, 0.717) is 0 Å². The standard InChI is InChI=1S/C12H15N/c1-11(13)12-9-7-5-3-2-4-6-8-10-12/h2-11H,13H2,1H3. The molecule has 0 bridgehead atoms. The van der Waals surface area contributed by atoms with E-state index in [1.165, 1.54) is 0 Å². The van der Waals surface area contributed by atoms with Gasteiger partial charge < -0.3 is 5.73 Å². The van der Waals surface area contributed by atoms with Gasteiger partial charge in [0.15, 0.2) is 0 Å². The smallest absolute Gasteiger partial charge is 0.0266 e. The van der Waals surface area contributed by atoms with Crippen molar-refractivity contribution in [3.63, 3.8) is 0 Å². The van der Waals surface area contributed by atoms with E-state index in [9.17, 15) is 0 Å². The van der Waals surface area contributed by atoms with Crippen LogP contribution in [0.15, 0.2) is 54.6 Å². The van der Waals surface area contributed by atoms with Gasteiger partial charge in [-0.3, -0.25) is 0 Å². The molecule has 1 nitrogen and oxygen atoms in total. The Morgan fingerprint density at radius 3 is 1.62 bits per heavy atom. The Hall–Kier alpha value is -1.34. The van der Waals surface area contributed by atoms with Gasteiger partial charge in [0.2, 0.25) is 0 Å². The van der Waals surface area contributed by atoms with Gasteiger partial charge in [0.05, 0.1) is 0 Å². The van der Waals surface area contributed by atoms with Crippen molar-refractivity contribution in [1.82, 2.24) is 0 Å². The highest BCUT2D eigenvalue weighted by molar-refractivity contribution is 5.14. The van der Waals surface area contributed by atoms with Crippen LogP contribution in [0.4, 0.5) is 0 Å². The minimum Gasteiger partial charge on any atom is -0.324 e. The molecular formula is C12H15N. The van der Waals surface area contributed by atoms with E-state index in [1.54, 1.807) is 0 Å². The summed E-state index contributed by atoms with van der Waals surface area (Å²) in [5.41, 5.74) is 6.92. The predicted octanol–water partition coefficient (Wildman–Crippen LogP) is 2.83. The fourth-order valence-corrected chi connectivity index (χ4v) is 1.01. The summed E-state index contributed by atoms with van der Waals surface area (Å²) in [5.74, 6) is 0. The van der Waals surface area contributed by atoms with Gasteiger partial charge >= 0.3 is 0 Å². The van der Waals surface area contributed by atoms with E-state index in [1.807, 2.05) is 61.5 Å². The van der Waals surface area contributed by atoms with Gasteiger partial charge in [-0.1, -0.05) is 54.6 Å². The van der Waals surface area contributed by atoms with E-state index < -0.39 is 0 Å². The molecule has 0 fully saturated rings. The summed E-state index contributed by atoms with van der Waals surface area (Å²) in [6.07, 6.45) is 0. The maximum atomic E-state index is 5.78. The molecule has 1 atom stereocenters. The lowest BCUT2D eigenvalue weighted by Crippen LogP contribution is -2.03. The molecule has 1 aromatic rings. The van der Waals surface area contributed by atoms with E-state index in [4.69, 9.17) is 5.73 Å². The second-order valence-corrected chi connectivity index (χ2v) is 2.97. The molecule has 68 valence electrons. The van der Waals surface area contributed by atoms with Crippen molar-refractivity contribution in [3.05, 3.63) is 60.2 Å². The van der Waals surface area contributed by atoms with Crippen LogP contribution in [0.3, 0.4) is 0 Å². The number of hydrogen-bond acceptors (Lipinski definition) is 1. The number of hydrogen-bond donors (Lipinski definition) is 1. The second-order valence-electron chi connectivity index (χ2n) is 2.97. The summed E-state index contributed by atoms with van der Waals surface area (Å²) in [6.45, 7) is 1.98. The Bertz CT molecular complexity index is 279. The first-order chi connectivity index (χ1) is 6.30. The molecule has 0 heterocycles. The van der Waals surface area contributed by atoms with Gasteiger partial charge in [-0.2, -0.15) is 0 Å². The monoisotopic (exact) mass is 173 g/mol. The molecule has 2 N–H and O–H groups in total. The molecule has 0 aliphatic rings. The Balaban J connectivity index is 3.11. The molecule has 1 rings (SSSR count). The van der Waals surface area contributed by atoms with Crippen molar-refractivity contribution >= 4 is 0 Å². The van der Waals surface area contributed by atoms with Gasteiger partial charge in [-0.25, -0.2) is 0 Å². The topological polar surface area (TPSA) is 26.0 Å². The lowest BCUT2D eigenvalue weighted by molar-refractivity contribution is 0.819. The van der Waals surface area contributed by atoms with Gasteiger partial charge in [0.1, 0.15) is 0 Å². The summed E-state index contributed by atoms with van der Waals surface area (Å²) in [7, 11) is 0. The normalized spacial score (nSPS) is 11.5. The maximum absolute atomic E-state index is 5.78. The van der Waals surface area contributed by atoms with E-state index >= 15 is 0 Å². The lowest BCUT2D eigenvalue weighted by atomic mass is 10.1. The molecule has 1 unspecified atom stereocenters. The third-order valence-corrected chi connectivity index (χ3v) is 1.77. The molecule has 0 aliphatic carbocycles. The van der Waals surface area contributed by atoms with Crippen LogP contribution in [-0.4, -0.2) is 0 Å². The van der Waals surface area contributed by atoms with Crippen molar-refractivity contribution < 1.29 is 0 Å². The van der Waals surface area contributed by atoms with Gasteiger partial charge in [-0.05, 0) is 12.5 Å². The molecule has 1 heteroatoms. The zero-order valence-electron chi connectivity index (χ0n) is 7.85. The van der Waals surface area contributed by atoms with Gasteiger partial charge in [0.25, 0.3) is 0 Å². The minimum absolute atomic E-state index is 0.0812. The van der Waals surface area contributed by atoms with Gasteiger partial charge in [0, 0.05) is 6.04 Å². The van der Waals surface area contributed by atoms with Crippen LogP contribution >= 0.6 is 0 Å². The first-order valence-corrected chi connectivity index (χ1v) is 4.44. The fourth-order valence-electron chi connectivity index (χ4n) is 1.01. The summed E-state index contributed by atoms with van der Waals surface area (Å²) in [6, 6.07) is 18.1. The molecule has 1 aromatic carbocycles. The molecule has 13 heavy (non-hydrogen) atoms. The first kappa shape index (κ1) is 9.75. The number of nitrogens with two attached hydrogens (primary N) is 1. The second kappa shape index (κ2) is 5.33. The summed E-state index contributed by atoms with van der Waals surface area (Å²) in [4.78, 5) is 0. The van der Waals surface area contributed by atoms with Crippen LogP contribution in [0, 0.1) is 0 Å². The van der Waals surface area contributed by atoms with Crippen LogP contribution in [0.2, 0.25) is 0 Å². The maximum Gasteiger partial charge on any atom is 0.0266 e. The Morgan fingerprint density at radius 2 is 1.23 bits per heavy atom. The summed E-state index contributed by atoms with van der Waals surface area (Å²) >= 11 is 0. The van der Waals surface area contributed by atoms with E-state index in [-0.39, 0.29) is 6.04 Å². The predicted molar refractivity (Wildman–Crippen MR) is 56.7 cm³/mol. The van der Waals surface area contributed by atoms with Crippen molar-refractivity contribution in [2.24, 2.45) is 5.73 Å². The molecule has 0 spiro atoms. The van der Waals surface area contributed by atoms with E-state index in [2.05, 4.69) is 0 Å². The Labute approximate surface area is 79.5 Å². The fraction of sp³-hybridized carbons (Fsp3) is 0.167. The van der Waals surface area contributed by atoms with Crippen LogP contribution < -0.4 is 5.73 Å². The highest BCUT2D eigenvalue weighted by atomic mass is 14.6. The van der Waals surface area contributed by atoms with Crippen LogP contribution in [-0.2, 0) is 0 Å². The highest BCUT2D eigenvalue weighted by Crippen LogP contribution is 2.04. The average Bonchev–Trinajstić information content (AvgIpc) is 2.14. The molecule has 0 amide bonds. The van der Waals surface area contributed by atoms with Crippen LogP contribution in [0.25, 0.3) is 0 Å². The highest BCUT2D eigenvalue weighted by Gasteiger charge is 1.92. The molecule has 0 aromatic heterocycles. The Kier molecular flexibility index (Phi) is 4.00.